The fourth-order valence-corrected chi connectivity index (χ4v) is 1.83. The van der Waals surface area contributed by atoms with Crippen molar-refractivity contribution in [1.29, 1.82) is 0 Å². The van der Waals surface area contributed by atoms with Crippen LogP contribution in [-0.4, -0.2) is 46.0 Å². The summed E-state index contributed by atoms with van der Waals surface area (Å²) >= 11 is 0. The van der Waals surface area contributed by atoms with Crippen LogP contribution in [0.5, 0.6) is 0 Å². The van der Waals surface area contributed by atoms with Crippen LogP contribution in [0.25, 0.3) is 0 Å². The molecule has 1 N–H and O–H groups in total. The van der Waals surface area contributed by atoms with Crippen LogP contribution in [0, 0.1) is 4.91 Å². The first-order chi connectivity index (χ1) is 10.2. The van der Waals surface area contributed by atoms with E-state index in [0.717, 1.165) is 5.56 Å². The minimum atomic E-state index is -0.579. The Kier molecular flexibility index (Phi) is 6.18. The van der Waals surface area contributed by atoms with Gasteiger partial charge in [0.1, 0.15) is 11.9 Å². The maximum Gasteiger partial charge on any atom is 0.320 e. The van der Waals surface area contributed by atoms with Crippen LogP contribution in [0.4, 0.5) is 5.69 Å². The molecule has 1 rings (SSSR count). The first-order valence-electron chi connectivity index (χ1n) is 6.84. The number of esters is 1. The van der Waals surface area contributed by atoms with E-state index in [9.17, 15) is 14.5 Å². The molecule has 0 unspecified atom stereocenters. The zero-order valence-electron chi connectivity index (χ0n) is 13.0. The van der Waals surface area contributed by atoms with Gasteiger partial charge in [0, 0.05) is 18.7 Å². The van der Waals surface area contributed by atoms with Crippen molar-refractivity contribution in [2.75, 3.05) is 13.1 Å². The Bertz CT molecular complexity index is 534. The van der Waals surface area contributed by atoms with Gasteiger partial charge in [-0.1, -0.05) is 12.1 Å². The van der Waals surface area contributed by atoms with E-state index in [2.05, 4.69) is 0 Å². The van der Waals surface area contributed by atoms with E-state index in [1.165, 1.54) is 12.1 Å². The number of ether oxygens (including phenoxy) is 1. The summed E-state index contributed by atoms with van der Waals surface area (Å²) < 4.78 is 5.23. The van der Waals surface area contributed by atoms with Crippen molar-refractivity contribution in [3.63, 3.8) is 0 Å². The van der Waals surface area contributed by atoms with Crippen molar-refractivity contribution in [2.24, 2.45) is 0 Å². The van der Waals surface area contributed by atoms with E-state index >= 15 is 0 Å². The Balaban J connectivity index is 2.69. The van der Waals surface area contributed by atoms with Crippen LogP contribution in [0.3, 0.4) is 0 Å². The fourth-order valence-electron chi connectivity index (χ4n) is 1.83. The van der Waals surface area contributed by atoms with Gasteiger partial charge in [0.25, 0.3) is 4.92 Å². The smallest absolute Gasteiger partial charge is 0.320 e. The monoisotopic (exact) mass is 309 g/mol. The third-order valence-corrected chi connectivity index (χ3v) is 2.67. The largest absolute Gasteiger partial charge is 0.459 e. The van der Waals surface area contributed by atoms with E-state index in [0.29, 0.717) is 12.8 Å². The van der Waals surface area contributed by atoms with Crippen LogP contribution in [0.1, 0.15) is 26.3 Å². The maximum atomic E-state index is 11.8. The zero-order valence-corrected chi connectivity index (χ0v) is 13.0. The van der Waals surface area contributed by atoms with Crippen LogP contribution in [0.15, 0.2) is 24.3 Å². The quantitative estimate of drug-likeness (QED) is 0.470. The Morgan fingerprint density at radius 3 is 2.36 bits per heavy atom. The molecule has 0 saturated heterocycles. The molecule has 120 valence electrons. The van der Waals surface area contributed by atoms with Crippen molar-refractivity contribution in [3.05, 3.63) is 34.7 Å². The lowest BCUT2D eigenvalue weighted by Gasteiger charge is -2.23. The van der Waals surface area contributed by atoms with Crippen molar-refractivity contribution < 1.29 is 24.5 Å². The van der Waals surface area contributed by atoms with Crippen LogP contribution in [0.2, 0.25) is 0 Å². The first kappa shape index (κ1) is 17.8. The summed E-state index contributed by atoms with van der Waals surface area (Å²) in [6.45, 7) is 5.76. The standard InChI is InChI=1S/C15H21N2O5/c1-15(2,3)22-14(19)11-16(8-9-18)10-12-4-6-13(7-5-12)17(20)21/h4-7,9H,8,10-11H2,1-3H3,(H,20,21)/q+1. The minimum Gasteiger partial charge on any atom is -0.459 e. The summed E-state index contributed by atoms with van der Waals surface area (Å²) in [7, 11) is 0. The summed E-state index contributed by atoms with van der Waals surface area (Å²) in [5, 5.41) is 8.77. The molecule has 0 heterocycles. The minimum absolute atomic E-state index is 0.00849. The second-order valence-corrected chi connectivity index (χ2v) is 5.86. The summed E-state index contributed by atoms with van der Waals surface area (Å²) in [6, 6.07) is 6.19. The number of hydrogen-bond acceptors (Lipinski definition) is 5. The Labute approximate surface area is 129 Å². The lowest BCUT2D eigenvalue weighted by molar-refractivity contribution is -0.729. The number of rotatable bonds is 7. The Morgan fingerprint density at radius 2 is 1.91 bits per heavy atom. The van der Waals surface area contributed by atoms with Gasteiger partial charge in [0.15, 0.2) is 0 Å². The van der Waals surface area contributed by atoms with E-state index in [1.54, 1.807) is 37.8 Å². The molecule has 0 aliphatic heterocycles. The lowest BCUT2D eigenvalue weighted by Crippen LogP contribution is -2.35. The molecule has 0 aliphatic carbocycles. The topological polar surface area (TPSA) is 86.9 Å². The molecule has 22 heavy (non-hydrogen) atoms. The van der Waals surface area contributed by atoms with E-state index in [1.807, 2.05) is 0 Å². The highest BCUT2D eigenvalue weighted by Crippen LogP contribution is 2.13. The van der Waals surface area contributed by atoms with Gasteiger partial charge in [-0.2, -0.15) is 0 Å². The number of hydrogen-bond donors (Lipinski definition) is 1. The van der Waals surface area contributed by atoms with Crippen molar-refractivity contribution in [2.45, 2.75) is 32.9 Å². The molecule has 0 atom stereocenters. The lowest BCUT2D eigenvalue weighted by atomic mass is 10.2. The second kappa shape index (κ2) is 7.65. The number of aldehydes is 1. The normalized spacial score (nSPS) is 11.3. The number of nitrogens with zero attached hydrogens (tertiary/aromatic N) is 2. The molecule has 7 heteroatoms. The molecular weight excluding hydrogens is 288 g/mol. The summed E-state index contributed by atoms with van der Waals surface area (Å²) in [4.78, 5) is 34.7. The van der Waals surface area contributed by atoms with Crippen molar-refractivity contribution in [1.82, 2.24) is 4.90 Å². The number of benzene rings is 1. The third-order valence-electron chi connectivity index (χ3n) is 2.67. The van der Waals surface area contributed by atoms with Crippen molar-refractivity contribution >= 4 is 17.9 Å². The molecule has 1 aromatic rings. The van der Waals surface area contributed by atoms with Gasteiger partial charge in [-0.3, -0.25) is 9.69 Å². The summed E-state index contributed by atoms with van der Waals surface area (Å²) in [6.07, 6.45) is 0.714. The van der Waals surface area contributed by atoms with Crippen LogP contribution < -0.4 is 0 Å². The molecule has 0 spiro atoms. The zero-order chi connectivity index (χ0) is 16.8. The van der Waals surface area contributed by atoms with Gasteiger partial charge >= 0.3 is 11.7 Å². The fraction of sp³-hybridized carbons (Fsp3) is 0.467. The molecule has 0 bridgehead atoms. The van der Waals surface area contributed by atoms with Crippen molar-refractivity contribution in [3.8, 4) is 0 Å². The van der Waals surface area contributed by atoms with Gasteiger partial charge in [-0.15, -0.1) is 0 Å². The molecule has 7 nitrogen and oxygen atoms in total. The van der Waals surface area contributed by atoms with Crippen LogP contribution >= 0.6 is 0 Å². The Hall–Kier alpha value is -2.28. The van der Waals surface area contributed by atoms with Gasteiger partial charge in [-0.25, -0.2) is 5.21 Å². The average molecular weight is 309 g/mol. The van der Waals surface area contributed by atoms with E-state index < -0.39 is 11.6 Å². The highest BCUT2D eigenvalue weighted by atomic mass is 16.6. The maximum absolute atomic E-state index is 11.8. The van der Waals surface area contributed by atoms with Crippen LogP contribution in [-0.2, 0) is 20.9 Å². The van der Waals surface area contributed by atoms with Gasteiger partial charge in [-0.05, 0) is 26.3 Å². The molecule has 0 radical (unpaired) electrons. The molecular formula is C15H21N2O5+. The van der Waals surface area contributed by atoms with Gasteiger partial charge in [0.2, 0.25) is 0 Å². The molecule has 0 saturated carbocycles. The predicted octanol–water partition coefficient (Wildman–Crippen LogP) is 1.83. The third kappa shape index (κ3) is 6.45. The highest BCUT2D eigenvalue weighted by molar-refractivity contribution is 5.72. The van der Waals surface area contributed by atoms with Gasteiger partial charge < -0.3 is 9.53 Å². The SMILES string of the molecule is CC(C)(C)OC(=O)CN(CC=O)Cc1ccc([N+](=O)O)cc1. The summed E-state index contributed by atoms with van der Waals surface area (Å²) in [5.74, 6) is -0.410. The Morgan fingerprint density at radius 1 is 1.32 bits per heavy atom. The number of carbonyl (C=O) groups is 2. The average Bonchev–Trinajstić information content (AvgIpc) is 2.37. The highest BCUT2D eigenvalue weighted by Gasteiger charge is 2.19. The molecule has 1 aromatic carbocycles. The number of carbonyl (C=O) groups excluding carboxylic acids is 2. The van der Waals surface area contributed by atoms with Gasteiger partial charge in [0.05, 0.1) is 18.0 Å². The molecule has 0 aromatic heterocycles. The van der Waals surface area contributed by atoms with E-state index in [-0.39, 0.29) is 23.7 Å². The molecule has 0 fully saturated rings. The summed E-state index contributed by atoms with van der Waals surface area (Å²) in [5.41, 5.74) is 0.332. The molecule has 0 aliphatic rings. The van der Waals surface area contributed by atoms with E-state index in [4.69, 9.17) is 9.94 Å². The molecule has 0 amide bonds. The first-order valence-corrected chi connectivity index (χ1v) is 6.84. The predicted molar refractivity (Wildman–Crippen MR) is 78.7 cm³/mol. The second-order valence-electron chi connectivity index (χ2n) is 5.86.